The predicted molar refractivity (Wildman–Crippen MR) is 54.8 cm³/mol. The Balaban J connectivity index is 3.49. The molecule has 7 heteroatoms. The largest absolute Gasteiger partial charge is 0.480 e. The fraction of sp³-hybridized carbons (Fsp3) is 0.667. The molecule has 0 aromatic heterocycles. The fourth-order valence-corrected chi connectivity index (χ4v) is 0.788. The zero-order valence-corrected chi connectivity index (χ0v) is 9.12. The van der Waals surface area contributed by atoms with Crippen LogP contribution in [0, 0.1) is 0 Å². The van der Waals surface area contributed by atoms with Crippen LogP contribution in [0.25, 0.3) is 0 Å². The third kappa shape index (κ3) is 8.95. The van der Waals surface area contributed by atoms with Gasteiger partial charge in [-0.3, -0.25) is 9.59 Å². The van der Waals surface area contributed by atoms with Gasteiger partial charge in [-0.2, -0.15) is 0 Å². The molecule has 92 valence electrons. The van der Waals surface area contributed by atoms with E-state index in [0.29, 0.717) is 6.54 Å². The van der Waals surface area contributed by atoms with Gasteiger partial charge in [-0.25, -0.2) is 4.79 Å². The van der Waals surface area contributed by atoms with E-state index in [2.05, 4.69) is 15.4 Å². The molecule has 0 aliphatic rings. The maximum absolute atomic E-state index is 11.0. The monoisotopic (exact) mass is 232 g/mol. The standard InChI is InChI=1S/C9H16N2O5/c1-2-3-10-7(12)4-11-8(13)5-16-6-9(14)15/h2-6H2,1H3,(H,10,12)(H,11,13)(H,14,15). The van der Waals surface area contributed by atoms with Gasteiger partial charge in [0, 0.05) is 6.54 Å². The minimum atomic E-state index is -1.14. The molecule has 0 saturated heterocycles. The lowest BCUT2D eigenvalue weighted by atomic mass is 10.4. The lowest BCUT2D eigenvalue weighted by Crippen LogP contribution is -2.38. The number of carboxylic acid groups (broad SMARTS) is 1. The van der Waals surface area contributed by atoms with Crippen LogP contribution < -0.4 is 10.6 Å². The smallest absolute Gasteiger partial charge is 0.329 e. The van der Waals surface area contributed by atoms with Gasteiger partial charge in [-0.05, 0) is 6.42 Å². The Morgan fingerprint density at radius 1 is 1.12 bits per heavy atom. The summed E-state index contributed by atoms with van der Waals surface area (Å²) < 4.78 is 4.53. The number of aliphatic carboxylic acids is 1. The molecule has 0 bridgehead atoms. The number of rotatable bonds is 8. The van der Waals surface area contributed by atoms with Gasteiger partial charge in [0.15, 0.2) is 0 Å². The van der Waals surface area contributed by atoms with Crippen LogP contribution in [-0.4, -0.2) is 49.2 Å². The van der Waals surface area contributed by atoms with Crippen LogP contribution in [0.2, 0.25) is 0 Å². The van der Waals surface area contributed by atoms with E-state index in [9.17, 15) is 14.4 Å². The van der Waals surface area contributed by atoms with Crippen LogP contribution in [0.5, 0.6) is 0 Å². The Bertz CT molecular complexity index is 254. The molecule has 0 rings (SSSR count). The summed E-state index contributed by atoms with van der Waals surface area (Å²) in [5.74, 6) is -1.95. The van der Waals surface area contributed by atoms with Crippen molar-refractivity contribution in [3.63, 3.8) is 0 Å². The van der Waals surface area contributed by atoms with Crippen LogP contribution in [0.15, 0.2) is 0 Å². The summed E-state index contributed by atoms with van der Waals surface area (Å²) in [6, 6.07) is 0. The molecule has 7 nitrogen and oxygen atoms in total. The van der Waals surface area contributed by atoms with E-state index in [-0.39, 0.29) is 19.1 Å². The van der Waals surface area contributed by atoms with Gasteiger partial charge in [-0.1, -0.05) is 6.92 Å². The van der Waals surface area contributed by atoms with Crippen LogP contribution >= 0.6 is 0 Å². The van der Waals surface area contributed by atoms with E-state index in [0.717, 1.165) is 6.42 Å². The van der Waals surface area contributed by atoms with Crippen molar-refractivity contribution in [3.05, 3.63) is 0 Å². The van der Waals surface area contributed by atoms with Crippen molar-refractivity contribution >= 4 is 17.8 Å². The molecule has 0 atom stereocenters. The topological polar surface area (TPSA) is 105 Å². The Morgan fingerprint density at radius 3 is 2.38 bits per heavy atom. The highest BCUT2D eigenvalue weighted by molar-refractivity contribution is 5.85. The summed E-state index contributed by atoms with van der Waals surface area (Å²) in [6.07, 6.45) is 0.821. The molecule has 0 unspecified atom stereocenters. The second-order valence-electron chi connectivity index (χ2n) is 3.01. The molecule has 0 spiro atoms. The lowest BCUT2D eigenvalue weighted by Gasteiger charge is -2.05. The summed E-state index contributed by atoms with van der Waals surface area (Å²) >= 11 is 0. The highest BCUT2D eigenvalue weighted by Gasteiger charge is 2.05. The van der Waals surface area contributed by atoms with Crippen molar-refractivity contribution < 1.29 is 24.2 Å². The third-order valence-electron chi connectivity index (χ3n) is 1.48. The van der Waals surface area contributed by atoms with Gasteiger partial charge in [0.2, 0.25) is 11.8 Å². The molecular weight excluding hydrogens is 216 g/mol. The first-order valence-corrected chi connectivity index (χ1v) is 4.89. The van der Waals surface area contributed by atoms with E-state index in [1.54, 1.807) is 0 Å². The lowest BCUT2D eigenvalue weighted by molar-refractivity contribution is -0.143. The number of carboxylic acids is 1. The first-order valence-electron chi connectivity index (χ1n) is 4.89. The second kappa shape index (κ2) is 8.66. The third-order valence-corrected chi connectivity index (χ3v) is 1.48. The maximum Gasteiger partial charge on any atom is 0.329 e. The number of nitrogens with one attached hydrogen (secondary N) is 2. The summed E-state index contributed by atoms with van der Waals surface area (Å²) in [6.45, 7) is 1.45. The van der Waals surface area contributed by atoms with Crippen molar-refractivity contribution in [2.24, 2.45) is 0 Å². The molecule has 3 N–H and O–H groups in total. The van der Waals surface area contributed by atoms with Crippen molar-refractivity contribution in [2.45, 2.75) is 13.3 Å². The van der Waals surface area contributed by atoms with Crippen molar-refractivity contribution in [1.29, 1.82) is 0 Å². The molecule has 0 saturated carbocycles. The fourth-order valence-electron chi connectivity index (χ4n) is 0.788. The van der Waals surface area contributed by atoms with Crippen LogP contribution in [0.3, 0.4) is 0 Å². The van der Waals surface area contributed by atoms with Gasteiger partial charge in [0.05, 0.1) is 6.54 Å². The Morgan fingerprint density at radius 2 is 1.81 bits per heavy atom. The van der Waals surface area contributed by atoms with E-state index in [4.69, 9.17) is 5.11 Å². The van der Waals surface area contributed by atoms with E-state index >= 15 is 0 Å². The minimum Gasteiger partial charge on any atom is -0.480 e. The first kappa shape index (κ1) is 14.4. The normalized spacial score (nSPS) is 9.56. The Labute approximate surface area is 93.2 Å². The van der Waals surface area contributed by atoms with Gasteiger partial charge in [0.1, 0.15) is 13.2 Å². The zero-order valence-electron chi connectivity index (χ0n) is 9.12. The van der Waals surface area contributed by atoms with Gasteiger partial charge < -0.3 is 20.5 Å². The van der Waals surface area contributed by atoms with Crippen LogP contribution in [-0.2, 0) is 19.1 Å². The molecule has 0 fully saturated rings. The maximum atomic E-state index is 11.0. The van der Waals surface area contributed by atoms with Gasteiger partial charge in [-0.15, -0.1) is 0 Å². The molecule has 0 heterocycles. The summed E-state index contributed by atoms with van der Waals surface area (Å²) in [4.78, 5) is 32.1. The number of carbonyl (C=O) groups is 3. The molecule has 0 aromatic carbocycles. The molecule has 16 heavy (non-hydrogen) atoms. The number of ether oxygens (including phenoxy) is 1. The van der Waals surface area contributed by atoms with Crippen LogP contribution in [0.1, 0.15) is 13.3 Å². The average Bonchev–Trinajstić information content (AvgIpc) is 2.23. The predicted octanol–water partition coefficient (Wildman–Crippen LogP) is -1.27. The summed E-state index contributed by atoms with van der Waals surface area (Å²) in [7, 11) is 0. The zero-order chi connectivity index (χ0) is 12.4. The van der Waals surface area contributed by atoms with Crippen LogP contribution in [0.4, 0.5) is 0 Å². The summed E-state index contributed by atoms with van der Waals surface area (Å²) in [5, 5.41) is 13.1. The second-order valence-corrected chi connectivity index (χ2v) is 3.01. The number of carbonyl (C=O) groups excluding carboxylic acids is 2. The number of hydrogen-bond acceptors (Lipinski definition) is 4. The number of amides is 2. The SMILES string of the molecule is CCCNC(=O)CNC(=O)COCC(=O)O. The van der Waals surface area contributed by atoms with Gasteiger partial charge in [0.25, 0.3) is 0 Å². The van der Waals surface area contributed by atoms with Gasteiger partial charge >= 0.3 is 5.97 Å². The summed E-state index contributed by atoms with van der Waals surface area (Å²) in [5.41, 5.74) is 0. The van der Waals surface area contributed by atoms with Crippen molar-refractivity contribution in [1.82, 2.24) is 10.6 Å². The molecular formula is C9H16N2O5. The van der Waals surface area contributed by atoms with E-state index < -0.39 is 18.5 Å². The molecule has 0 aliphatic heterocycles. The highest BCUT2D eigenvalue weighted by Crippen LogP contribution is 1.76. The van der Waals surface area contributed by atoms with E-state index in [1.807, 2.05) is 6.92 Å². The Hall–Kier alpha value is -1.63. The van der Waals surface area contributed by atoms with E-state index in [1.165, 1.54) is 0 Å². The average molecular weight is 232 g/mol. The first-order chi connectivity index (χ1) is 7.56. The molecule has 0 aliphatic carbocycles. The Kier molecular flexibility index (Phi) is 7.78. The highest BCUT2D eigenvalue weighted by atomic mass is 16.5. The minimum absolute atomic E-state index is 0.130. The molecule has 0 aromatic rings. The van der Waals surface area contributed by atoms with Crippen molar-refractivity contribution in [2.75, 3.05) is 26.3 Å². The number of hydrogen-bond donors (Lipinski definition) is 3. The van der Waals surface area contributed by atoms with Crippen molar-refractivity contribution in [3.8, 4) is 0 Å². The molecule has 2 amide bonds. The molecule has 0 radical (unpaired) electrons. The quantitative estimate of drug-likeness (QED) is 0.484.